The van der Waals surface area contributed by atoms with Gasteiger partial charge < -0.3 is 30.4 Å². The van der Waals surface area contributed by atoms with Gasteiger partial charge >= 0.3 is 6.09 Å². The predicted molar refractivity (Wildman–Crippen MR) is 113 cm³/mol. The van der Waals surface area contributed by atoms with Gasteiger partial charge in [0.1, 0.15) is 5.60 Å². The summed E-state index contributed by atoms with van der Waals surface area (Å²) in [4.78, 5) is 27.6. The van der Waals surface area contributed by atoms with Crippen molar-refractivity contribution < 1.29 is 14.6 Å². The van der Waals surface area contributed by atoms with Crippen LogP contribution < -0.4 is 16.0 Å². The van der Waals surface area contributed by atoms with Gasteiger partial charge in [-0.05, 0) is 33.6 Å². The van der Waals surface area contributed by atoms with Gasteiger partial charge in [-0.3, -0.25) is 0 Å². The number of allylic oxidation sites excluding steroid dienone is 1. The summed E-state index contributed by atoms with van der Waals surface area (Å²) >= 11 is 0. The van der Waals surface area contributed by atoms with E-state index in [2.05, 4.69) is 31.2 Å². The van der Waals surface area contributed by atoms with E-state index in [1.807, 2.05) is 31.4 Å². The lowest BCUT2D eigenvalue weighted by molar-refractivity contribution is 0.0509. The Kier molecular flexibility index (Phi) is 5.27. The molecule has 0 spiro atoms. The Morgan fingerprint density at radius 3 is 2.87 bits per heavy atom. The molecule has 0 unspecified atom stereocenters. The lowest BCUT2D eigenvalue weighted by Gasteiger charge is -2.22. The zero-order valence-corrected chi connectivity index (χ0v) is 17.6. The average molecular weight is 415 g/mol. The van der Waals surface area contributed by atoms with Crippen molar-refractivity contribution in [2.75, 3.05) is 30.3 Å². The molecule has 1 fully saturated rings. The molecule has 2 aromatic rings. The molecule has 1 saturated heterocycles. The number of fused-ring (bicyclic) bond motifs is 1. The van der Waals surface area contributed by atoms with Crippen molar-refractivity contribution >= 4 is 29.0 Å². The first kappa shape index (κ1) is 20.4. The number of ether oxygens (including phenoxy) is 1. The molecule has 10 heteroatoms. The number of hydrogen-bond acceptors (Lipinski definition) is 8. The number of aliphatic hydroxyl groups is 1. The number of nitrogens with one attached hydrogen (secondary N) is 1. The van der Waals surface area contributed by atoms with E-state index in [-0.39, 0.29) is 30.6 Å². The fraction of sp³-hybridized carbons (Fsp3) is 0.600. The van der Waals surface area contributed by atoms with E-state index in [4.69, 9.17) is 10.5 Å². The molecule has 1 aliphatic heterocycles. The number of hydrogen-bond donors (Lipinski definition) is 3. The highest BCUT2D eigenvalue weighted by Gasteiger charge is 2.30. The Balaban J connectivity index is 1.52. The van der Waals surface area contributed by atoms with Crippen LogP contribution in [0, 0.1) is 5.92 Å². The van der Waals surface area contributed by atoms with Crippen LogP contribution in [0.25, 0.3) is 11.2 Å². The van der Waals surface area contributed by atoms with Crippen LogP contribution in [-0.4, -0.2) is 62.1 Å². The van der Waals surface area contributed by atoms with Gasteiger partial charge in [-0.2, -0.15) is 9.97 Å². The van der Waals surface area contributed by atoms with E-state index in [9.17, 15) is 9.90 Å². The standard InChI is InChI=1S/C20H29N7O3/c1-20(2,3)30-19(29)23-13-6-7-26(9-13)16-15-17(25-18(21)24-16)27(11-22-15)14-5-4-12(8-14)10-28/h4-5,11-14,28H,6-10H2,1-3H3,(H,23,29)(H2,21,24,25)/t12-,13-,14+/m1/s1. The molecule has 30 heavy (non-hydrogen) atoms. The average Bonchev–Trinajstić information content (AvgIpc) is 3.37. The van der Waals surface area contributed by atoms with Gasteiger partial charge in [0.05, 0.1) is 18.4 Å². The Bertz CT molecular complexity index is 965. The Morgan fingerprint density at radius 2 is 2.17 bits per heavy atom. The van der Waals surface area contributed by atoms with E-state index in [0.717, 1.165) is 19.4 Å². The highest BCUT2D eigenvalue weighted by atomic mass is 16.6. The minimum atomic E-state index is -0.536. The van der Waals surface area contributed by atoms with E-state index in [1.165, 1.54) is 0 Å². The van der Waals surface area contributed by atoms with Gasteiger partial charge in [0, 0.05) is 25.6 Å². The molecule has 1 aliphatic carbocycles. The molecule has 4 N–H and O–H groups in total. The number of carbonyl (C=O) groups is 1. The van der Waals surface area contributed by atoms with Gasteiger partial charge in [0.15, 0.2) is 17.0 Å². The number of aromatic nitrogens is 4. The molecule has 0 saturated carbocycles. The molecule has 3 atom stereocenters. The zero-order chi connectivity index (χ0) is 21.5. The van der Waals surface area contributed by atoms with Crippen LogP contribution in [0.5, 0.6) is 0 Å². The number of alkyl carbamates (subject to hydrolysis) is 1. The van der Waals surface area contributed by atoms with Gasteiger partial charge in [0.25, 0.3) is 0 Å². The van der Waals surface area contributed by atoms with Crippen molar-refractivity contribution in [3.63, 3.8) is 0 Å². The van der Waals surface area contributed by atoms with Crippen molar-refractivity contribution in [3.8, 4) is 0 Å². The molecular formula is C20H29N7O3. The lowest BCUT2D eigenvalue weighted by atomic mass is 10.1. The Labute approximate surface area is 175 Å². The number of aliphatic hydroxyl groups excluding tert-OH is 1. The number of nitrogen functional groups attached to an aromatic ring is 1. The normalized spacial score (nSPS) is 24.0. The van der Waals surface area contributed by atoms with E-state index >= 15 is 0 Å². The highest BCUT2D eigenvalue weighted by Crippen LogP contribution is 2.33. The van der Waals surface area contributed by atoms with Crippen LogP contribution in [0.2, 0.25) is 0 Å². The van der Waals surface area contributed by atoms with Crippen LogP contribution >= 0.6 is 0 Å². The first-order valence-electron chi connectivity index (χ1n) is 10.3. The first-order valence-corrected chi connectivity index (χ1v) is 10.3. The second-order valence-electron chi connectivity index (χ2n) is 8.94. The maximum Gasteiger partial charge on any atom is 0.407 e. The highest BCUT2D eigenvalue weighted by molar-refractivity contribution is 5.85. The minimum Gasteiger partial charge on any atom is -0.444 e. The largest absolute Gasteiger partial charge is 0.444 e. The maximum atomic E-state index is 12.1. The fourth-order valence-electron chi connectivity index (χ4n) is 4.02. The first-order chi connectivity index (χ1) is 14.2. The second kappa shape index (κ2) is 7.75. The third-order valence-corrected chi connectivity index (χ3v) is 5.37. The maximum absolute atomic E-state index is 12.1. The Morgan fingerprint density at radius 1 is 1.37 bits per heavy atom. The molecule has 0 bridgehead atoms. The number of nitrogens with two attached hydrogens (primary N) is 1. The van der Waals surface area contributed by atoms with Crippen LogP contribution in [0.4, 0.5) is 16.6 Å². The molecule has 2 aliphatic rings. The lowest BCUT2D eigenvalue weighted by Crippen LogP contribution is -2.40. The molecule has 0 aromatic carbocycles. The van der Waals surface area contributed by atoms with Crippen molar-refractivity contribution in [1.82, 2.24) is 24.8 Å². The summed E-state index contributed by atoms with van der Waals surface area (Å²) in [7, 11) is 0. The van der Waals surface area contributed by atoms with Crippen LogP contribution in [0.1, 0.15) is 39.7 Å². The van der Waals surface area contributed by atoms with Gasteiger partial charge in [-0.15, -0.1) is 0 Å². The smallest absolute Gasteiger partial charge is 0.407 e. The number of rotatable bonds is 4. The van der Waals surface area contributed by atoms with Crippen LogP contribution in [-0.2, 0) is 4.74 Å². The van der Waals surface area contributed by atoms with Gasteiger partial charge in [-0.1, -0.05) is 12.2 Å². The molecule has 3 heterocycles. The monoisotopic (exact) mass is 415 g/mol. The van der Waals surface area contributed by atoms with Crippen molar-refractivity contribution in [2.24, 2.45) is 5.92 Å². The summed E-state index contributed by atoms with van der Waals surface area (Å²) in [6.45, 7) is 6.95. The van der Waals surface area contributed by atoms with E-state index < -0.39 is 11.7 Å². The molecule has 2 aromatic heterocycles. The Hall–Kier alpha value is -2.88. The summed E-state index contributed by atoms with van der Waals surface area (Å²) in [6.07, 6.45) is 6.99. The number of amides is 1. The molecule has 4 rings (SSSR count). The summed E-state index contributed by atoms with van der Waals surface area (Å²) in [6, 6.07) is 0.0331. The quantitative estimate of drug-likeness (QED) is 0.642. The minimum absolute atomic E-state index is 0.0451. The van der Waals surface area contributed by atoms with Crippen LogP contribution in [0.3, 0.4) is 0 Å². The van der Waals surface area contributed by atoms with Gasteiger partial charge in [0.2, 0.25) is 5.95 Å². The molecule has 162 valence electrons. The third-order valence-electron chi connectivity index (χ3n) is 5.37. The predicted octanol–water partition coefficient (Wildman–Crippen LogP) is 1.62. The third kappa shape index (κ3) is 4.18. The molecule has 1 amide bonds. The summed E-state index contributed by atoms with van der Waals surface area (Å²) in [5.74, 6) is 0.998. The summed E-state index contributed by atoms with van der Waals surface area (Å²) < 4.78 is 7.34. The summed E-state index contributed by atoms with van der Waals surface area (Å²) in [5, 5.41) is 12.3. The van der Waals surface area contributed by atoms with Crippen molar-refractivity contribution in [1.29, 1.82) is 0 Å². The van der Waals surface area contributed by atoms with E-state index in [0.29, 0.717) is 23.5 Å². The molecule has 10 nitrogen and oxygen atoms in total. The van der Waals surface area contributed by atoms with Crippen LogP contribution in [0.15, 0.2) is 18.5 Å². The molecule has 0 radical (unpaired) electrons. The number of imidazole rings is 1. The summed E-state index contributed by atoms with van der Waals surface area (Å²) in [5.41, 5.74) is 6.84. The number of anilines is 2. The van der Waals surface area contributed by atoms with E-state index in [1.54, 1.807) is 6.33 Å². The fourth-order valence-corrected chi connectivity index (χ4v) is 4.02. The van der Waals surface area contributed by atoms with Crippen molar-refractivity contribution in [2.45, 2.75) is 51.3 Å². The van der Waals surface area contributed by atoms with Gasteiger partial charge in [-0.25, -0.2) is 9.78 Å². The van der Waals surface area contributed by atoms with Crippen molar-refractivity contribution in [3.05, 3.63) is 18.5 Å². The number of nitrogens with zero attached hydrogens (tertiary/aromatic N) is 5. The molecular weight excluding hydrogens is 386 g/mol. The SMILES string of the molecule is CC(C)(C)OC(=O)N[C@@H]1CCN(c2nc(N)nc3c2ncn3[C@H]2C=C[C@@H](CO)C2)C1. The zero-order valence-electron chi connectivity index (χ0n) is 17.6. The number of carbonyl (C=O) groups excluding carboxylic acids is 1. The topological polar surface area (TPSA) is 131 Å². The second-order valence-corrected chi connectivity index (χ2v) is 8.94.